The molecule has 0 N–H and O–H groups in total. The lowest BCUT2D eigenvalue weighted by molar-refractivity contribution is 0.0443. The Labute approximate surface area is 110 Å². The van der Waals surface area contributed by atoms with E-state index >= 15 is 0 Å². The molecular weight excluding hydrogens is 254 g/mol. The fourth-order valence-electron chi connectivity index (χ4n) is 1.67. The van der Waals surface area contributed by atoms with Gasteiger partial charge in [0.05, 0.1) is 24.9 Å². The van der Waals surface area contributed by atoms with E-state index in [9.17, 15) is 4.57 Å². The van der Waals surface area contributed by atoms with E-state index in [0.717, 1.165) is 0 Å². The molecule has 0 aromatic rings. The highest BCUT2D eigenvalue weighted by molar-refractivity contribution is 7.53. The first kappa shape index (κ1) is 16.2. The van der Waals surface area contributed by atoms with Gasteiger partial charge in [0.15, 0.2) is 0 Å². The van der Waals surface area contributed by atoms with Crippen molar-refractivity contribution in [3.05, 3.63) is 0 Å². The Bertz CT molecular complexity index is 283. The smallest absolute Gasteiger partial charge is 0.356 e. The zero-order chi connectivity index (χ0) is 13.8. The molecule has 0 amide bonds. The Hall–Kier alpha value is 0.135. The molecule has 2 radical (unpaired) electrons. The molecule has 1 heterocycles. The van der Waals surface area contributed by atoms with Crippen molar-refractivity contribution >= 4 is 15.4 Å². The molecule has 0 aromatic carbocycles. The largest absolute Gasteiger partial charge is 0.385 e. The van der Waals surface area contributed by atoms with Gasteiger partial charge in [0, 0.05) is 6.00 Å². The highest BCUT2D eigenvalue weighted by atomic mass is 31.2. The summed E-state index contributed by atoms with van der Waals surface area (Å²) in [4.78, 5) is 0. The van der Waals surface area contributed by atoms with Gasteiger partial charge in [-0.2, -0.15) is 0 Å². The minimum absolute atomic E-state index is 0.0654. The van der Waals surface area contributed by atoms with Gasteiger partial charge in [-0.05, 0) is 34.1 Å². The topological polar surface area (TPSA) is 54.0 Å². The Balaban J connectivity index is 2.48. The molecule has 1 aliphatic heterocycles. The second-order valence-corrected chi connectivity index (χ2v) is 6.85. The molecule has 18 heavy (non-hydrogen) atoms. The molecule has 0 saturated carbocycles. The SMILES string of the molecule is [B][C@H]1C[C@H](OCP(=O)(OC(C)C)OC(C)C)CO1. The van der Waals surface area contributed by atoms with Crippen LogP contribution in [0.25, 0.3) is 0 Å². The number of hydrogen-bond donors (Lipinski definition) is 0. The summed E-state index contributed by atoms with van der Waals surface area (Å²) in [5.41, 5.74) is 0. The summed E-state index contributed by atoms with van der Waals surface area (Å²) >= 11 is 0. The van der Waals surface area contributed by atoms with Crippen LogP contribution < -0.4 is 0 Å². The fraction of sp³-hybridized carbons (Fsp3) is 1.00. The number of hydrogen-bond acceptors (Lipinski definition) is 5. The summed E-state index contributed by atoms with van der Waals surface area (Å²) in [5.74, 6) is 0. The van der Waals surface area contributed by atoms with Crippen LogP contribution in [0.1, 0.15) is 34.1 Å². The van der Waals surface area contributed by atoms with Gasteiger partial charge < -0.3 is 18.5 Å². The lowest BCUT2D eigenvalue weighted by Crippen LogP contribution is -2.18. The van der Waals surface area contributed by atoms with Crippen LogP contribution >= 0.6 is 7.60 Å². The van der Waals surface area contributed by atoms with E-state index in [1.54, 1.807) is 0 Å². The van der Waals surface area contributed by atoms with Crippen molar-refractivity contribution < 1.29 is 23.1 Å². The third-order valence-corrected chi connectivity index (χ3v) is 4.15. The summed E-state index contributed by atoms with van der Waals surface area (Å²) in [6, 6.07) is -0.300. The molecule has 5 nitrogen and oxygen atoms in total. The number of ether oxygens (including phenoxy) is 2. The van der Waals surface area contributed by atoms with E-state index < -0.39 is 7.60 Å². The van der Waals surface area contributed by atoms with Crippen molar-refractivity contribution in [1.82, 2.24) is 0 Å². The Morgan fingerprint density at radius 3 is 2.22 bits per heavy atom. The normalized spacial score (nSPS) is 25.2. The molecule has 1 fully saturated rings. The molecule has 2 atom stereocenters. The van der Waals surface area contributed by atoms with Gasteiger partial charge in [0.2, 0.25) is 0 Å². The van der Waals surface area contributed by atoms with Crippen molar-refractivity contribution in [2.75, 3.05) is 13.0 Å². The van der Waals surface area contributed by atoms with Gasteiger partial charge in [-0.1, -0.05) is 0 Å². The van der Waals surface area contributed by atoms with Crippen molar-refractivity contribution in [1.29, 1.82) is 0 Å². The number of rotatable bonds is 7. The second-order valence-electron chi connectivity index (χ2n) is 4.94. The van der Waals surface area contributed by atoms with E-state index in [0.29, 0.717) is 13.0 Å². The van der Waals surface area contributed by atoms with Crippen LogP contribution in [0.4, 0.5) is 0 Å². The second kappa shape index (κ2) is 7.06. The van der Waals surface area contributed by atoms with Gasteiger partial charge in [-0.15, -0.1) is 0 Å². The Morgan fingerprint density at radius 1 is 1.28 bits per heavy atom. The molecule has 0 aliphatic carbocycles. The highest BCUT2D eigenvalue weighted by Gasteiger charge is 2.31. The molecule has 0 unspecified atom stereocenters. The monoisotopic (exact) mass is 276 g/mol. The minimum atomic E-state index is -3.22. The Morgan fingerprint density at radius 2 is 1.83 bits per heavy atom. The summed E-state index contributed by atoms with van der Waals surface area (Å²) in [5, 5.41) is 0. The maximum atomic E-state index is 12.4. The maximum absolute atomic E-state index is 12.4. The highest BCUT2D eigenvalue weighted by Crippen LogP contribution is 2.50. The van der Waals surface area contributed by atoms with Crippen LogP contribution in [0.5, 0.6) is 0 Å². The van der Waals surface area contributed by atoms with Crippen LogP contribution in [-0.4, -0.2) is 45.1 Å². The summed E-state index contributed by atoms with van der Waals surface area (Å²) in [6.07, 6.45) is 0.0355. The third-order valence-electron chi connectivity index (χ3n) is 2.20. The van der Waals surface area contributed by atoms with Crippen LogP contribution in [0, 0.1) is 0 Å². The first-order valence-corrected chi connectivity index (χ1v) is 7.98. The van der Waals surface area contributed by atoms with E-state index in [2.05, 4.69) is 0 Å². The third kappa shape index (κ3) is 5.85. The van der Waals surface area contributed by atoms with E-state index in [4.69, 9.17) is 26.4 Å². The molecule has 0 bridgehead atoms. The van der Waals surface area contributed by atoms with Crippen molar-refractivity contribution in [3.8, 4) is 0 Å². The van der Waals surface area contributed by atoms with E-state index in [1.165, 1.54) is 0 Å². The lowest BCUT2D eigenvalue weighted by atomic mass is 9.97. The van der Waals surface area contributed by atoms with Gasteiger partial charge >= 0.3 is 7.60 Å². The molecule has 7 heteroatoms. The van der Waals surface area contributed by atoms with E-state index in [-0.39, 0.29) is 30.7 Å². The zero-order valence-corrected chi connectivity index (χ0v) is 12.4. The van der Waals surface area contributed by atoms with Crippen LogP contribution in [0.15, 0.2) is 0 Å². The summed E-state index contributed by atoms with van der Waals surface area (Å²) < 4.78 is 33.9. The first-order valence-electron chi connectivity index (χ1n) is 6.25. The summed E-state index contributed by atoms with van der Waals surface area (Å²) in [6.45, 7) is 7.66. The molecule has 1 saturated heterocycles. The summed E-state index contributed by atoms with van der Waals surface area (Å²) in [7, 11) is 2.37. The predicted octanol–water partition coefficient (Wildman–Crippen LogP) is 2.29. The average Bonchev–Trinajstić information content (AvgIpc) is 2.59. The van der Waals surface area contributed by atoms with Crippen molar-refractivity contribution in [3.63, 3.8) is 0 Å². The Kier molecular flexibility index (Phi) is 6.35. The van der Waals surface area contributed by atoms with Crippen LogP contribution in [-0.2, 0) is 23.1 Å². The lowest BCUT2D eigenvalue weighted by Gasteiger charge is -2.23. The van der Waals surface area contributed by atoms with Gasteiger partial charge in [-0.3, -0.25) is 4.57 Å². The molecule has 1 rings (SSSR count). The standard InChI is InChI=1S/C11H22BO5P/c1-8(2)16-18(13,17-9(3)4)7-15-10-5-11(12)14-6-10/h8-11H,5-7H2,1-4H3/t10-,11+/m0/s1. The average molecular weight is 276 g/mol. The van der Waals surface area contributed by atoms with Crippen LogP contribution in [0.3, 0.4) is 0 Å². The minimum Gasteiger partial charge on any atom is -0.385 e. The molecule has 0 spiro atoms. The van der Waals surface area contributed by atoms with E-state index in [1.807, 2.05) is 27.7 Å². The maximum Gasteiger partial charge on any atom is 0.356 e. The molecular formula is C11H22BO5P. The van der Waals surface area contributed by atoms with Crippen molar-refractivity contribution in [2.24, 2.45) is 0 Å². The molecule has 0 aromatic heterocycles. The molecule has 104 valence electrons. The van der Waals surface area contributed by atoms with Gasteiger partial charge in [-0.25, -0.2) is 0 Å². The fourth-order valence-corrected chi connectivity index (χ4v) is 3.52. The van der Waals surface area contributed by atoms with Crippen molar-refractivity contribution in [2.45, 2.75) is 58.4 Å². The quantitative estimate of drug-likeness (QED) is 0.527. The first-order chi connectivity index (χ1) is 8.31. The van der Waals surface area contributed by atoms with Crippen LogP contribution in [0.2, 0.25) is 0 Å². The predicted molar refractivity (Wildman–Crippen MR) is 69.9 cm³/mol. The zero-order valence-electron chi connectivity index (χ0n) is 11.5. The van der Waals surface area contributed by atoms with Gasteiger partial charge in [0.1, 0.15) is 14.2 Å². The molecule has 1 aliphatic rings. The van der Waals surface area contributed by atoms with Gasteiger partial charge in [0.25, 0.3) is 0 Å².